The number of fused-ring (bicyclic) bond motifs is 2. The summed E-state index contributed by atoms with van der Waals surface area (Å²) in [4.78, 5) is 31.9. The second kappa shape index (κ2) is 10.2. The van der Waals surface area contributed by atoms with Crippen LogP contribution in [0.3, 0.4) is 0 Å². The van der Waals surface area contributed by atoms with Gasteiger partial charge in [-0.2, -0.15) is 0 Å². The largest absolute Gasteiger partial charge is 0.392 e. The molecule has 9 heteroatoms. The second-order valence-corrected chi connectivity index (χ2v) is 11.3. The molecule has 8 nitrogen and oxygen atoms in total. The first-order valence-electron chi connectivity index (χ1n) is 11.6. The number of ether oxygens (including phenoxy) is 1. The first-order valence-corrected chi connectivity index (χ1v) is 12.4. The summed E-state index contributed by atoms with van der Waals surface area (Å²) in [5, 5.41) is 18.0. The predicted octanol–water partition coefficient (Wildman–Crippen LogP) is 0.678. The van der Waals surface area contributed by atoms with E-state index in [0.717, 1.165) is 29.9 Å². The highest BCUT2D eigenvalue weighted by atomic mass is 32.1. The van der Waals surface area contributed by atoms with Gasteiger partial charge in [-0.15, -0.1) is 11.3 Å². The van der Waals surface area contributed by atoms with Gasteiger partial charge in [0.05, 0.1) is 32.5 Å². The van der Waals surface area contributed by atoms with Crippen LogP contribution in [0.2, 0.25) is 0 Å². The van der Waals surface area contributed by atoms with Gasteiger partial charge in [0.15, 0.2) is 11.7 Å². The number of thiazole rings is 1. The van der Waals surface area contributed by atoms with Crippen molar-refractivity contribution in [3.05, 3.63) is 10.6 Å². The van der Waals surface area contributed by atoms with Crippen molar-refractivity contribution in [3.8, 4) is 0 Å². The van der Waals surface area contributed by atoms with Crippen molar-refractivity contribution in [1.29, 1.82) is 0 Å². The molecule has 0 spiro atoms. The van der Waals surface area contributed by atoms with Gasteiger partial charge in [0.2, 0.25) is 5.91 Å². The molecule has 6 atom stereocenters. The van der Waals surface area contributed by atoms with Gasteiger partial charge in [0.25, 0.3) is 5.91 Å². The number of hydrogen-bond donors (Lipinski definition) is 4. The van der Waals surface area contributed by atoms with E-state index in [2.05, 4.69) is 24.5 Å². The van der Waals surface area contributed by atoms with Crippen LogP contribution >= 0.6 is 11.3 Å². The van der Waals surface area contributed by atoms with E-state index in [4.69, 9.17) is 9.72 Å². The van der Waals surface area contributed by atoms with Crippen LogP contribution in [0.25, 0.3) is 0 Å². The minimum atomic E-state index is -0.572. The summed E-state index contributed by atoms with van der Waals surface area (Å²) in [5.74, 6) is -0.327. The number of anilines is 1. The highest BCUT2D eigenvalue weighted by molar-refractivity contribution is 7.15. The molecule has 3 rings (SSSR count). The van der Waals surface area contributed by atoms with E-state index in [9.17, 15) is 14.7 Å². The Kier molecular flexibility index (Phi) is 7.96. The molecule has 2 amide bonds. The van der Waals surface area contributed by atoms with Crippen molar-refractivity contribution in [1.82, 2.24) is 10.3 Å². The number of nitrogens with one attached hydrogen (secondary N) is 3. The molecule has 1 heterocycles. The van der Waals surface area contributed by atoms with Crippen LogP contribution in [0.5, 0.6) is 0 Å². The number of carbonyl (C=O) groups excluding carboxylic acids is 2. The average molecular weight is 468 g/mol. The number of rotatable bonds is 8. The molecule has 4 N–H and O–H groups in total. The fourth-order valence-corrected chi connectivity index (χ4v) is 7.00. The molecule has 0 radical (unpaired) electrons. The zero-order valence-electron chi connectivity index (χ0n) is 20.2. The Balaban J connectivity index is 1.76. The van der Waals surface area contributed by atoms with Crippen LogP contribution < -0.4 is 15.5 Å². The summed E-state index contributed by atoms with van der Waals surface area (Å²) in [6, 6.07) is 0. The number of aromatic nitrogens is 1. The molecule has 0 bridgehead atoms. The van der Waals surface area contributed by atoms with E-state index in [0.29, 0.717) is 24.8 Å². The minimum Gasteiger partial charge on any atom is -0.392 e. The van der Waals surface area contributed by atoms with Crippen LogP contribution in [0.1, 0.15) is 50.1 Å². The zero-order chi connectivity index (χ0) is 23.6. The smallest absolute Gasteiger partial charge is 0.281 e. The molecule has 1 aromatic rings. The van der Waals surface area contributed by atoms with Crippen LogP contribution in [-0.2, 0) is 20.7 Å². The van der Waals surface area contributed by atoms with Gasteiger partial charge in [-0.1, -0.05) is 20.8 Å². The zero-order valence-corrected chi connectivity index (χ0v) is 21.0. The van der Waals surface area contributed by atoms with Gasteiger partial charge >= 0.3 is 0 Å². The molecule has 0 aromatic carbocycles. The molecule has 0 unspecified atom stereocenters. The molecular formula is C23H39N4O4S+. The van der Waals surface area contributed by atoms with Crippen LogP contribution in [0, 0.1) is 23.2 Å². The van der Waals surface area contributed by atoms with Crippen LogP contribution in [0.15, 0.2) is 0 Å². The monoisotopic (exact) mass is 467 g/mol. The van der Waals surface area contributed by atoms with Crippen molar-refractivity contribution in [2.24, 2.45) is 23.2 Å². The maximum absolute atomic E-state index is 12.6. The van der Waals surface area contributed by atoms with E-state index in [-0.39, 0.29) is 40.9 Å². The standard InChI is InChI=1S/C23H38N4O4S/c1-13(21(30)24-9-10-31-6)15-7-8-23(3)11-16-19(14(2)18(23)20(15)29)26-22(32-16)25-17(28)12-27(4)5/h13-15,18,20,29H,7-12H2,1-6H3,(H,24,30)(H,25,26,28)/p+1/t13-,14-,15+,18+,20-,23+/m0/s1. The molecule has 1 aromatic heterocycles. The molecule has 2 aliphatic rings. The maximum Gasteiger partial charge on any atom is 0.281 e. The van der Waals surface area contributed by atoms with Crippen molar-refractivity contribution < 1.29 is 24.3 Å². The number of aliphatic hydroxyl groups excluding tert-OH is 1. The molecule has 2 aliphatic carbocycles. The molecular weight excluding hydrogens is 428 g/mol. The van der Waals surface area contributed by atoms with Gasteiger partial charge in [0.1, 0.15) is 0 Å². The van der Waals surface area contributed by atoms with E-state index in [1.807, 2.05) is 21.0 Å². The Hall–Kier alpha value is -1.55. The number of nitrogens with zero attached hydrogens (tertiary/aromatic N) is 1. The summed E-state index contributed by atoms with van der Waals surface area (Å²) in [7, 11) is 5.49. The third kappa shape index (κ3) is 5.16. The highest BCUT2D eigenvalue weighted by Gasteiger charge is 2.53. The molecule has 1 fully saturated rings. The summed E-state index contributed by atoms with van der Waals surface area (Å²) in [6.45, 7) is 7.65. The number of hydrogen-bond acceptors (Lipinski definition) is 6. The lowest BCUT2D eigenvalue weighted by atomic mass is 9.53. The third-order valence-electron chi connectivity index (χ3n) is 7.34. The van der Waals surface area contributed by atoms with Gasteiger partial charge in [0, 0.05) is 30.4 Å². The van der Waals surface area contributed by atoms with Crippen molar-refractivity contribution >= 4 is 28.3 Å². The topological polar surface area (TPSA) is 105 Å². The summed E-state index contributed by atoms with van der Waals surface area (Å²) in [5.41, 5.74) is 0.942. The summed E-state index contributed by atoms with van der Waals surface area (Å²) in [6.07, 6.45) is 2.06. The van der Waals surface area contributed by atoms with Crippen LogP contribution in [-0.4, -0.2) is 68.9 Å². The second-order valence-electron chi connectivity index (χ2n) is 10.2. The third-order valence-corrected chi connectivity index (χ3v) is 8.33. The number of likely N-dealkylation sites (N-methyl/N-ethyl adjacent to an activating group) is 1. The van der Waals surface area contributed by atoms with Gasteiger partial charge in [-0.3, -0.25) is 14.9 Å². The predicted molar refractivity (Wildman–Crippen MR) is 125 cm³/mol. The Morgan fingerprint density at radius 2 is 2.12 bits per heavy atom. The van der Waals surface area contributed by atoms with E-state index >= 15 is 0 Å². The fourth-order valence-electron chi connectivity index (χ4n) is 5.72. The summed E-state index contributed by atoms with van der Waals surface area (Å²) >= 11 is 1.56. The first-order chi connectivity index (χ1) is 15.1. The molecule has 0 aliphatic heterocycles. The molecule has 180 valence electrons. The van der Waals surface area contributed by atoms with Crippen molar-refractivity contribution in [2.75, 3.05) is 46.2 Å². The van der Waals surface area contributed by atoms with E-state index < -0.39 is 6.10 Å². The van der Waals surface area contributed by atoms with Crippen molar-refractivity contribution in [3.63, 3.8) is 0 Å². The Bertz CT molecular complexity index is 829. The number of aliphatic hydroxyl groups is 1. The Morgan fingerprint density at radius 3 is 2.78 bits per heavy atom. The van der Waals surface area contributed by atoms with Gasteiger partial charge in [-0.05, 0) is 36.5 Å². The van der Waals surface area contributed by atoms with E-state index in [1.54, 1.807) is 18.4 Å². The maximum atomic E-state index is 12.6. The van der Waals surface area contributed by atoms with Crippen molar-refractivity contribution in [2.45, 2.75) is 52.1 Å². The average Bonchev–Trinajstić information content (AvgIpc) is 3.08. The molecule has 32 heavy (non-hydrogen) atoms. The number of carbonyl (C=O) groups is 2. The minimum absolute atomic E-state index is 0.0273. The lowest BCUT2D eigenvalue weighted by molar-refractivity contribution is -0.849. The lowest BCUT2D eigenvalue weighted by Crippen LogP contribution is -3.06. The fraction of sp³-hybridized carbons (Fsp3) is 0.783. The highest BCUT2D eigenvalue weighted by Crippen LogP contribution is 2.57. The van der Waals surface area contributed by atoms with E-state index in [1.165, 1.54) is 4.88 Å². The molecule has 1 saturated carbocycles. The van der Waals surface area contributed by atoms with Crippen LogP contribution in [0.4, 0.5) is 5.13 Å². The normalized spacial score (nSPS) is 30.4. The quantitative estimate of drug-likeness (QED) is 0.421. The lowest BCUT2D eigenvalue weighted by Gasteiger charge is -2.53. The number of amides is 2. The van der Waals surface area contributed by atoms with Gasteiger partial charge in [-0.25, -0.2) is 4.98 Å². The van der Waals surface area contributed by atoms with Gasteiger partial charge < -0.3 is 20.1 Å². The molecule has 0 saturated heterocycles. The Labute approximate surface area is 195 Å². The Morgan fingerprint density at radius 1 is 1.41 bits per heavy atom. The number of methoxy groups -OCH3 is 1. The number of quaternary nitrogens is 1. The SMILES string of the molecule is COCCNC(=O)[C@@H](C)[C@H]1CC[C@]2(C)Cc3sc(NC(=O)C[NH+](C)C)nc3[C@@H](C)[C@@H]2[C@H]1O. The first kappa shape index (κ1) is 25.1. The summed E-state index contributed by atoms with van der Waals surface area (Å²) < 4.78 is 5.02.